The van der Waals surface area contributed by atoms with Crippen LogP contribution in [0.5, 0.6) is 0 Å². The number of nitriles is 1. The molecule has 1 rings (SSSR count). The lowest BCUT2D eigenvalue weighted by Gasteiger charge is -2.25. The SMILES string of the molecule is CCCCCCC(C)(C#N)Nc1ccccc1C. The van der Waals surface area contributed by atoms with Gasteiger partial charge in [-0.2, -0.15) is 5.26 Å². The summed E-state index contributed by atoms with van der Waals surface area (Å²) in [5.41, 5.74) is 1.80. The van der Waals surface area contributed by atoms with E-state index >= 15 is 0 Å². The van der Waals surface area contributed by atoms with E-state index in [1.807, 2.05) is 25.1 Å². The number of hydrogen-bond acceptors (Lipinski definition) is 2. The van der Waals surface area contributed by atoms with Crippen LogP contribution in [0.1, 0.15) is 51.5 Å². The van der Waals surface area contributed by atoms with Crippen LogP contribution in [0, 0.1) is 18.3 Å². The first-order chi connectivity index (χ1) is 8.61. The predicted molar refractivity (Wildman–Crippen MR) is 77.6 cm³/mol. The monoisotopic (exact) mass is 244 g/mol. The van der Waals surface area contributed by atoms with Gasteiger partial charge in [0.05, 0.1) is 6.07 Å². The molecule has 0 aliphatic carbocycles. The zero-order valence-electron chi connectivity index (χ0n) is 11.8. The van der Waals surface area contributed by atoms with Gasteiger partial charge in [0.15, 0.2) is 0 Å². The Morgan fingerprint density at radius 3 is 2.56 bits per heavy atom. The van der Waals surface area contributed by atoms with E-state index in [1.54, 1.807) is 0 Å². The number of nitrogens with zero attached hydrogens (tertiary/aromatic N) is 1. The Morgan fingerprint density at radius 1 is 1.22 bits per heavy atom. The third-order valence-corrected chi connectivity index (χ3v) is 3.33. The molecule has 0 fully saturated rings. The number of unbranched alkanes of at least 4 members (excludes halogenated alkanes) is 3. The first kappa shape index (κ1) is 14.6. The Bertz CT molecular complexity index is 406. The third kappa shape index (κ3) is 4.41. The Morgan fingerprint density at radius 2 is 1.94 bits per heavy atom. The van der Waals surface area contributed by atoms with Gasteiger partial charge in [-0.05, 0) is 31.9 Å². The van der Waals surface area contributed by atoms with Crippen molar-refractivity contribution in [1.29, 1.82) is 5.26 Å². The van der Waals surface area contributed by atoms with E-state index in [1.165, 1.54) is 24.8 Å². The molecule has 1 aromatic rings. The lowest BCUT2D eigenvalue weighted by atomic mass is 9.95. The van der Waals surface area contributed by atoms with Crippen molar-refractivity contribution in [2.45, 2.75) is 58.4 Å². The van der Waals surface area contributed by atoms with Gasteiger partial charge >= 0.3 is 0 Å². The van der Waals surface area contributed by atoms with Gasteiger partial charge in [-0.15, -0.1) is 0 Å². The summed E-state index contributed by atoms with van der Waals surface area (Å²) in [4.78, 5) is 0. The van der Waals surface area contributed by atoms with Crippen LogP contribution < -0.4 is 5.32 Å². The summed E-state index contributed by atoms with van der Waals surface area (Å²) in [6, 6.07) is 10.5. The van der Waals surface area contributed by atoms with Crippen LogP contribution in [0.2, 0.25) is 0 Å². The predicted octanol–water partition coefficient (Wildman–Crippen LogP) is 4.66. The molecule has 0 aliphatic rings. The number of aryl methyl sites for hydroxylation is 1. The lowest BCUT2D eigenvalue weighted by molar-refractivity contribution is 0.528. The molecule has 0 radical (unpaired) electrons. The molecule has 0 heterocycles. The molecule has 2 nitrogen and oxygen atoms in total. The molecule has 18 heavy (non-hydrogen) atoms. The van der Waals surface area contributed by atoms with Crippen LogP contribution in [0.4, 0.5) is 5.69 Å². The van der Waals surface area contributed by atoms with Gasteiger partial charge in [0.1, 0.15) is 5.54 Å². The number of benzene rings is 1. The van der Waals surface area contributed by atoms with Crippen molar-refractivity contribution in [1.82, 2.24) is 0 Å². The molecule has 1 aromatic carbocycles. The molecular weight excluding hydrogens is 220 g/mol. The first-order valence-electron chi connectivity index (χ1n) is 6.86. The second kappa shape index (κ2) is 7.06. The highest BCUT2D eigenvalue weighted by molar-refractivity contribution is 5.53. The molecule has 1 atom stereocenters. The number of rotatable bonds is 7. The summed E-state index contributed by atoms with van der Waals surface area (Å²) in [6.45, 7) is 6.26. The topological polar surface area (TPSA) is 35.8 Å². The van der Waals surface area contributed by atoms with Gasteiger partial charge in [0.25, 0.3) is 0 Å². The average Bonchev–Trinajstić information content (AvgIpc) is 2.38. The van der Waals surface area contributed by atoms with Gasteiger partial charge < -0.3 is 5.32 Å². The van der Waals surface area contributed by atoms with Gasteiger partial charge in [0, 0.05) is 5.69 Å². The Kier molecular flexibility index (Phi) is 5.71. The summed E-state index contributed by atoms with van der Waals surface area (Å²) in [5.74, 6) is 0. The molecule has 0 bridgehead atoms. The quantitative estimate of drug-likeness (QED) is 0.708. The van der Waals surface area contributed by atoms with Gasteiger partial charge in [-0.25, -0.2) is 0 Å². The molecule has 0 amide bonds. The summed E-state index contributed by atoms with van der Waals surface area (Å²) in [5, 5.41) is 12.8. The highest BCUT2D eigenvalue weighted by Gasteiger charge is 2.23. The minimum atomic E-state index is -0.458. The van der Waals surface area contributed by atoms with Gasteiger partial charge in [-0.1, -0.05) is 50.8 Å². The largest absolute Gasteiger partial charge is 0.367 e. The third-order valence-electron chi connectivity index (χ3n) is 3.33. The lowest BCUT2D eigenvalue weighted by Crippen LogP contribution is -2.33. The Hall–Kier alpha value is -1.49. The maximum absolute atomic E-state index is 9.38. The maximum atomic E-state index is 9.38. The number of nitrogens with one attached hydrogen (secondary N) is 1. The first-order valence-corrected chi connectivity index (χ1v) is 6.86. The molecule has 0 aromatic heterocycles. The van der Waals surface area contributed by atoms with Crippen LogP contribution in [0.15, 0.2) is 24.3 Å². The zero-order chi connectivity index (χ0) is 13.4. The van der Waals surface area contributed by atoms with Crippen molar-refractivity contribution in [3.63, 3.8) is 0 Å². The van der Waals surface area contributed by atoms with Crippen LogP contribution in [-0.4, -0.2) is 5.54 Å². The van der Waals surface area contributed by atoms with Crippen molar-refractivity contribution < 1.29 is 0 Å². The van der Waals surface area contributed by atoms with Crippen LogP contribution in [-0.2, 0) is 0 Å². The van der Waals surface area contributed by atoms with Crippen LogP contribution in [0.25, 0.3) is 0 Å². The summed E-state index contributed by atoms with van der Waals surface area (Å²) < 4.78 is 0. The Labute approximate surface area is 111 Å². The van der Waals surface area contributed by atoms with E-state index in [4.69, 9.17) is 0 Å². The molecule has 0 saturated heterocycles. The van der Waals surface area contributed by atoms with E-state index in [9.17, 15) is 5.26 Å². The van der Waals surface area contributed by atoms with Crippen molar-refractivity contribution in [3.05, 3.63) is 29.8 Å². The van der Waals surface area contributed by atoms with Crippen LogP contribution in [0.3, 0.4) is 0 Å². The number of para-hydroxylation sites is 1. The standard InChI is InChI=1S/C16H24N2/c1-4-5-6-9-12-16(3,13-17)18-15-11-8-7-10-14(15)2/h7-8,10-11,18H,4-6,9,12H2,1-3H3. The zero-order valence-corrected chi connectivity index (χ0v) is 11.8. The van der Waals surface area contributed by atoms with Crippen molar-refractivity contribution in [2.75, 3.05) is 5.32 Å². The number of anilines is 1. The van der Waals surface area contributed by atoms with Gasteiger partial charge in [-0.3, -0.25) is 0 Å². The fourth-order valence-corrected chi connectivity index (χ4v) is 2.06. The highest BCUT2D eigenvalue weighted by Crippen LogP contribution is 2.23. The van der Waals surface area contributed by atoms with Crippen molar-refractivity contribution in [2.24, 2.45) is 0 Å². The maximum Gasteiger partial charge on any atom is 0.122 e. The fraction of sp³-hybridized carbons (Fsp3) is 0.562. The number of hydrogen-bond donors (Lipinski definition) is 1. The molecule has 0 aliphatic heterocycles. The van der Waals surface area contributed by atoms with Crippen molar-refractivity contribution in [3.8, 4) is 6.07 Å². The highest BCUT2D eigenvalue weighted by atomic mass is 15.0. The minimum absolute atomic E-state index is 0.458. The van der Waals surface area contributed by atoms with Crippen molar-refractivity contribution >= 4 is 5.69 Å². The average molecular weight is 244 g/mol. The van der Waals surface area contributed by atoms with Crippen LogP contribution >= 0.6 is 0 Å². The molecule has 1 N–H and O–H groups in total. The van der Waals surface area contributed by atoms with E-state index in [0.717, 1.165) is 18.5 Å². The van der Waals surface area contributed by atoms with E-state index in [2.05, 4.69) is 31.3 Å². The molecule has 2 heteroatoms. The molecular formula is C16H24N2. The smallest absolute Gasteiger partial charge is 0.122 e. The molecule has 98 valence electrons. The van der Waals surface area contributed by atoms with E-state index < -0.39 is 5.54 Å². The second-order valence-corrected chi connectivity index (χ2v) is 5.19. The summed E-state index contributed by atoms with van der Waals surface area (Å²) >= 11 is 0. The second-order valence-electron chi connectivity index (χ2n) is 5.19. The molecule has 0 saturated carbocycles. The van der Waals surface area contributed by atoms with E-state index in [-0.39, 0.29) is 0 Å². The summed E-state index contributed by atoms with van der Waals surface area (Å²) in [6.07, 6.45) is 5.71. The Balaban J connectivity index is 2.60. The minimum Gasteiger partial charge on any atom is -0.367 e. The van der Waals surface area contributed by atoms with E-state index in [0.29, 0.717) is 0 Å². The molecule has 0 spiro atoms. The fourth-order valence-electron chi connectivity index (χ4n) is 2.06. The summed E-state index contributed by atoms with van der Waals surface area (Å²) in [7, 11) is 0. The normalized spacial score (nSPS) is 13.7. The van der Waals surface area contributed by atoms with Gasteiger partial charge in [0.2, 0.25) is 0 Å². The molecule has 1 unspecified atom stereocenters.